The Morgan fingerprint density at radius 3 is 2.28 bits per heavy atom. The highest BCUT2D eigenvalue weighted by Crippen LogP contribution is 2.27. The predicted molar refractivity (Wildman–Crippen MR) is 117 cm³/mol. The van der Waals surface area contributed by atoms with Gasteiger partial charge in [-0.05, 0) is 36.8 Å². The fraction of sp³-hybridized carbons (Fsp3) is 0.125. The minimum absolute atomic E-state index is 0.612. The molecule has 5 heteroatoms. The second-order valence-electron chi connectivity index (χ2n) is 6.74. The van der Waals surface area contributed by atoms with Crippen molar-refractivity contribution in [2.45, 2.75) is 20.0 Å². The highest BCUT2D eigenvalue weighted by Gasteiger charge is 2.14. The van der Waals surface area contributed by atoms with Crippen molar-refractivity contribution in [1.82, 2.24) is 15.0 Å². The zero-order chi connectivity index (χ0) is 19.9. The number of nitrogens with zero attached hydrogens (tertiary/aromatic N) is 4. The van der Waals surface area contributed by atoms with Crippen LogP contribution in [0.25, 0.3) is 0 Å². The first-order valence-electron chi connectivity index (χ1n) is 9.64. The van der Waals surface area contributed by atoms with Crippen molar-refractivity contribution in [3.63, 3.8) is 0 Å². The van der Waals surface area contributed by atoms with Crippen LogP contribution >= 0.6 is 0 Å². The number of nitrogens with one attached hydrogen (secondary N) is 1. The lowest BCUT2D eigenvalue weighted by Crippen LogP contribution is -2.19. The lowest BCUT2D eigenvalue weighted by Gasteiger charge is -2.25. The molecule has 0 aliphatic rings. The second kappa shape index (κ2) is 8.97. The molecule has 2 aromatic heterocycles. The molecule has 2 heterocycles. The quantitative estimate of drug-likeness (QED) is 0.481. The number of aryl methyl sites for hydroxylation is 1. The van der Waals surface area contributed by atoms with Crippen LogP contribution < -0.4 is 10.2 Å². The zero-order valence-electron chi connectivity index (χ0n) is 16.4. The van der Waals surface area contributed by atoms with Crippen LogP contribution in [0.4, 0.5) is 17.3 Å². The summed E-state index contributed by atoms with van der Waals surface area (Å²) in [6.45, 7) is 3.25. The molecule has 144 valence electrons. The van der Waals surface area contributed by atoms with E-state index in [1.807, 2.05) is 55.5 Å². The molecule has 0 atom stereocenters. The number of rotatable bonds is 7. The molecular formula is C24H23N5. The summed E-state index contributed by atoms with van der Waals surface area (Å²) in [6.07, 6.45) is 1.80. The maximum atomic E-state index is 4.72. The van der Waals surface area contributed by atoms with E-state index in [0.29, 0.717) is 6.54 Å². The van der Waals surface area contributed by atoms with Crippen molar-refractivity contribution < 1.29 is 0 Å². The van der Waals surface area contributed by atoms with Crippen LogP contribution in [0.3, 0.4) is 0 Å². The lowest BCUT2D eigenvalue weighted by atomic mass is 10.2. The summed E-state index contributed by atoms with van der Waals surface area (Å²) in [5.41, 5.74) is 3.27. The monoisotopic (exact) mass is 381 g/mol. The minimum atomic E-state index is 0.612. The van der Waals surface area contributed by atoms with Crippen molar-refractivity contribution in [2.75, 3.05) is 10.2 Å². The first-order chi connectivity index (χ1) is 14.3. The topological polar surface area (TPSA) is 53.9 Å². The zero-order valence-corrected chi connectivity index (χ0v) is 16.4. The van der Waals surface area contributed by atoms with Gasteiger partial charge in [0.05, 0.1) is 12.2 Å². The Balaban J connectivity index is 1.64. The highest BCUT2D eigenvalue weighted by molar-refractivity contribution is 5.62. The first kappa shape index (κ1) is 18.6. The van der Waals surface area contributed by atoms with Gasteiger partial charge in [-0.1, -0.05) is 54.6 Å². The molecule has 4 rings (SSSR count). The summed E-state index contributed by atoms with van der Waals surface area (Å²) in [4.78, 5) is 15.8. The molecule has 4 aromatic rings. The Bertz CT molecular complexity index is 1040. The minimum Gasteiger partial charge on any atom is -0.364 e. The van der Waals surface area contributed by atoms with Crippen LogP contribution in [0.1, 0.15) is 17.1 Å². The average Bonchev–Trinajstić information content (AvgIpc) is 2.78. The van der Waals surface area contributed by atoms with E-state index in [0.717, 1.165) is 35.4 Å². The fourth-order valence-corrected chi connectivity index (χ4v) is 3.14. The maximum Gasteiger partial charge on any atom is 0.139 e. The lowest BCUT2D eigenvalue weighted by molar-refractivity contribution is 0.916. The van der Waals surface area contributed by atoms with Gasteiger partial charge in [0, 0.05) is 24.5 Å². The van der Waals surface area contributed by atoms with Gasteiger partial charge in [-0.2, -0.15) is 0 Å². The van der Waals surface area contributed by atoms with E-state index in [2.05, 4.69) is 56.6 Å². The van der Waals surface area contributed by atoms with Crippen LogP contribution in [-0.4, -0.2) is 15.0 Å². The van der Waals surface area contributed by atoms with Gasteiger partial charge < -0.3 is 10.2 Å². The third-order valence-electron chi connectivity index (χ3n) is 4.53. The number of benzene rings is 2. The van der Waals surface area contributed by atoms with E-state index in [-0.39, 0.29) is 0 Å². The normalized spacial score (nSPS) is 10.5. The van der Waals surface area contributed by atoms with E-state index < -0.39 is 0 Å². The Kier molecular flexibility index (Phi) is 5.76. The molecule has 0 amide bonds. The summed E-state index contributed by atoms with van der Waals surface area (Å²) < 4.78 is 0. The van der Waals surface area contributed by atoms with Gasteiger partial charge in [0.2, 0.25) is 0 Å². The van der Waals surface area contributed by atoms with Crippen molar-refractivity contribution in [2.24, 2.45) is 0 Å². The second-order valence-corrected chi connectivity index (χ2v) is 6.74. The summed E-state index contributed by atoms with van der Waals surface area (Å²) >= 11 is 0. The maximum absolute atomic E-state index is 4.72. The van der Waals surface area contributed by atoms with Crippen LogP contribution in [-0.2, 0) is 13.1 Å². The van der Waals surface area contributed by atoms with Gasteiger partial charge in [-0.3, -0.25) is 4.98 Å². The van der Waals surface area contributed by atoms with Gasteiger partial charge >= 0.3 is 0 Å². The molecule has 0 radical (unpaired) electrons. The molecule has 0 aliphatic carbocycles. The number of hydrogen-bond donors (Lipinski definition) is 1. The van der Waals surface area contributed by atoms with Gasteiger partial charge in [0.15, 0.2) is 0 Å². The predicted octanol–water partition coefficient (Wildman–Crippen LogP) is 5.13. The summed E-state index contributed by atoms with van der Waals surface area (Å²) in [7, 11) is 0. The Hall–Kier alpha value is -3.73. The molecule has 0 aliphatic heterocycles. The van der Waals surface area contributed by atoms with Crippen LogP contribution in [0.2, 0.25) is 0 Å². The number of aromatic nitrogens is 3. The molecule has 0 unspecified atom stereocenters. The third kappa shape index (κ3) is 4.96. The van der Waals surface area contributed by atoms with E-state index in [1.54, 1.807) is 6.20 Å². The molecule has 2 aromatic carbocycles. The number of pyridine rings is 1. The van der Waals surface area contributed by atoms with Crippen molar-refractivity contribution >= 4 is 17.3 Å². The molecule has 0 bridgehead atoms. The molecule has 29 heavy (non-hydrogen) atoms. The summed E-state index contributed by atoms with van der Waals surface area (Å²) in [5.74, 6) is 2.36. The van der Waals surface area contributed by atoms with E-state index in [4.69, 9.17) is 4.98 Å². The number of para-hydroxylation sites is 1. The highest BCUT2D eigenvalue weighted by atomic mass is 15.2. The summed E-state index contributed by atoms with van der Waals surface area (Å²) in [6, 6.07) is 28.6. The van der Waals surface area contributed by atoms with Gasteiger partial charge in [-0.15, -0.1) is 0 Å². The Morgan fingerprint density at radius 2 is 1.55 bits per heavy atom. The van der Waals surface area contributed by atoms with Gasteiger partial charge in [0.25, 0.3) is 0 Å². The molecule has 0 spiro atoms. The van der Waals surface area contributed by atoms with Crippen molar-refractivity contribution in [1.29, 1.82) is 0 Å². The van der Waals surface area contributed by atoms with Crippen LogP contribution in [0, 0.1) is 6.92 Å². The third-order valence-corrected chi connectivity index (χ3v) is 4.53. The standard InChI is InChI=1S/C24H23N5/c1-19-27-23(26-17-21-12-8-9-15-25-21)16-24(28-19)29(22-13-6-3-7-14-22)18-20-10-4-2-5-11-20/h2-16H,17-18H2,1H3,(H,26,27,28). The van der Waals surface area contributed by atoms with Crippen molar-refractivity contribution in [3.8, 4) is 0 Å². The van der Waals surface area contributed by atoms with E-state index in [9.17, 15) is 0 Å². The smallest absolute Gasteiger partial charge is 0.139 e. The van der Waals surface area contributed by atoms with Gasteiger partial charge in [0.1, 0.15) is 17.5 Å². The van der Waals surface area contributed by atoms with Gasteiger partial charge in [-0.25, -0.2) is 9.97 Å². The largest absolute Gasteiger partial charge is 0.364 e. The molecule has 0 saturated carbocycles. The number of hydrogen-bond acceptors (Lipinski definition) is 5. The molecule has 0 saturated heterocycles. The number of anilines is 3. The average molecular weight is 381 g/mol. The molecule has 1 N–H and O–H groups in total. The van der Waals surface area contributed by atoms with Crippen molar-refractivity contribution in [3.05, 3.63) is 108 Å². The molecule has 0 fully saturated rings. The van der Waals surface area contributed by atoms with E-state index in [1.165, 1.54) is 5.56 Å². The summed E-state index contributed by atoms with van der Waals surface area (Å²) in [5, 5.41) is 3.37. The Labute approximate surface area is 171 Å². The SMILES string of the molecule is Cc1nc(NCc2ccccn2)cc(N(Cc2ccccc2)c2ccccc2)n1. The first-order valence-corrected chi connectivity index (χ1v) is 9.64. The van der Waals surface area contributed by atoms with Crippen LogP contribution in [0.5, 0.6) is 0 Å². The molecule has 5 nitrogen and oxygen atoms in total. The molecular weight excluding hydrogens is 358 g/mol. The van der Waals surface area contributed by atoms with Crippen LogP contribution in [0.15, 0.2) is 91.1 Å². The Morgan fingerprint density at radius 1 is 0.828 bits per heavy atom. The fourth-order valence-electron chi connectivity index (χ4n) is 3.14. The van der Waals surface area contributed by atoms with E-state index >= 15 is 0 Å².